The highest BCUT2D eigenvalue weighted by Crippen LogP contribution is 2.24. The standard InChI is InChI=1S/C22H25N3O3/c1-3-7-20-23-25(14-4-2)22(28)24(20)15-16-10-12-17(13-11-16)18-8-5-6-9-19(18)21(26)27/h5-6,8-13H,3-4,7,14-15H2,1-2H3,(H,26,27). The molecule has 0 saturated heterocycles. The summed E-state index contributed by atoms with van der Waals surface area (Å²) in [5.41, 5.74) is 2.70. The molecule has 0 amide bonds. The Labute approximate surface area is 164 Å². The molecule has 2 aromatic carbocycles. The molecule has 0 bridgehead atoms. The van der Waals surface area contributed by atoms with Gasteiger partial charge < -0.3 is 5.11 Å². The van der Waals surface area contributed by atoms with E-state index in [2.05, 4.69) is 12.0 Å². The lowest BCUT2D eigenvalue weighted by atomic mass is 9.99. The quantitative estimate of drug-likeness (QED) is 0.645. The fraction of sp³-hybridized carbons (Fsp3) is 0.318. The third-order valence-corrected chi connectivity index (χ3v) is 4.67. The molecule has 146 valence electrons. The molecular formula is C22H25N3O3. The van der Waals surface area contributed by atoms with Crippen LogP contribution >= 0.6 is 0 Å². The van der Waals surface area contributed by atoms with Crippen LogP contribution in [0, 0.1) is 0 Å². The van der Waals surface area contributed by atoms with Gasteiger partial charge in [0.2, 0.25) is 0 Å². The number of hydrogen-bond donors (Lipinski definition) is 1. The van der Waals surface area contributed by atoms with Crippen LogP contribution in [-0.4, -0.2) is 25.4 Å². The predicted molar refractivity (Wildman–Crippen MR) is 109 cm³/mol. The molecule has 0 spiro atoms. The first kappa shape index (κ1) is 19.6. The lowest BCUT2D eigenvalue weighted by molar-refractivity contribution is 0.0697. The zero-order chi connectivity index (χ0) is 20.1. The van der Waals surface area contributed by atoms with Gasteiger partial charge in [-0.2, -0.15) is 5.10 Å². The molecule has 3 aromatic rings. The molecule has 0 aliphatic carbocycles. The average Bonchev–Trinajstić information content (AvgIpc) is 2.98. The first-order valence-corrected chi connectivity index (χ1v) is 9.63. The number of carboxylic acids is 1. The number of hydrogen-bond acceptors (Lipinski definition) is 3. The van der Waals surface area contributed by atoms with Crippen LogP contribution < -0.4 is 5.69 Å². The Hall–Kier alpha value is -3.15. The van der Waals surface area contributed by atoms with Crippen molar-refractivity contribution in [3.8, 4) is 11.1 Å². The van der Waals surface area contributed by atoms with Gasteiger partial charge in [-0.15, -0.1) is 0 Å². The van der Waals surface area contributed by atoms with Crippen molar-refractivity contribution >= 4 is 5.97 Å². The summed E-state index contributed by atoms with van der Waals surface area (Å²) in [4.78, 5) is 24.1. The van der Waals surface area contributed by atoms with Gasteiger partial charge in [0.1, 0.15) is 5.82 Å². The zero-order valence-electron chi connectivity index (χ0n) is 16.3. The van der Waals surface area contributed by atoms with Crippen molar-refractivity contribution in [2.75, 3.05) is 0 Å². The molecule has 0 atom stereocenters. The number of carbonyl (C=O) groups is 1. The summed E-state index contributed by atoms with van der Waals surface area (Å²) in [6.07, 6.45) is 2.55. The van der Waals surface area contributed by atoms with E-state index >= 15 is 0 Å². The van der Waals surface area contributed by atoms with Gasteiger partial charge in [-0.1, -0.05) is 56.3 Å². The van der Waals surface area contributed by atoms with Crippen molar-refractivity contribution in [1.82, 2.24) is 14.3 Å². The van der Waals surface area contributed by atoms with E-state index in [1.807, 2.05) is 37.3 Å². The van der Waals surface area contributed by atoms with E-state index in [9.17, 15) is 14.7 Å². The lowest BCUT2D eigenvalue weighted by Crippen LogP contribution is -2.26. The molecule has 6 nitrogen and oxygen atoms in total. The first-order valence-electron chi connectivity index (χ1n) is 9.63. The minimum absolute atomic E-state index is 0.0781. The molecular weight excluding hydrogens is 354 g/mol. The van der Waals surface area contributed by atoms with Crippen LogP contribution in [0.1, 0.15) is 48.4 Å². The van der Waals surface area contributed by atoms with Crippen LogP contribution in [0.3, 0.4) is 0 Å². The van der Waals surface area contributed by atoms with Gasteiger partial charge in [0.05, 0.1) is 12.1 Å². The highest BCUT2D eigenvalue weighted by atomic mass is 16.4. The number of benzene rings is 2. The van der Waals surface area contributed by atoms with Gasteiger partial charge >= 0.3 is 11.7 Å². The largest absolute Gasteiger partial charge is 0.478 e. The Morgan fingerprint density at radius 1 is 1.04 bits per heavy atom. The highest BCUT2D eigenvalue weighted by Gasteiger charge is 2.14. The van der Waals surface area contributed by atoms with Gasteiger partial charge in [0, 0.05) is 13.0 Å². The highest BCUT2D eigenvalue weighted by molar-refractivity contribution is 5.95. The summed E-state index contributed by atoms with van der Waals surface area (Å²) >= 11 is 0. The maximum atomic E-state index is 12.7. The molecule has 0 fully saturated rings. The Kier molecular flexibility index (Phi) is 6.09. The van der Waals surface area contributed by atoms with E-state index < -0.39 is 5.97 Å². The summed E-state index contributed by atoms with van der Waals surface area (Å²) in [5, 5.41) is 13.9. The molecule has 0 aliphatic heterocycles. The number of aromatic nitrogens is 3. The molecule has 28 heavy (non-hydrogen) atoms. The lowest BCUT2D eigenvalue weighted by Gasteiger charge is -2.09. The Bertz CT molecular complexity index is 1020. The van der Waals surface area contributed by atoms with Gasteiger partial charge in [0.25, 0.3) is 0 Å². The van der Waals surface area contributed by atoms with Crippen LogP contribution in [0.2, 0.25) is 0 Å². The molecule has 0 saturated carbocycles. The van der Waals surface area contributed by atoms with Crippen LogP contribution in [0.4, 0.5) is 0 Å². The van der Waals surface area contributed by atoms with Gasteiger partial charge in [0.15, 0.2) is 0 Å². The molecule has 0 radical (unpaired) electrons. The van der Waals surface area contributed by atoms with Gasteiger partial charge in [-0.25, -0.2) is 14.3 Å². The monoisotopic (exact) mass is 379 g/mol. The summed E-state index contributed by atoms with van der Waals surface area (Å²) in [6, 6.07) is 14.6. The van der Waals surface area contributed by atoms with E-state index in [0.29, 0.717) is 18.7 Å². The van der Waals surface area contributed by atoms with Crippen molar-refractivity contribution < 1.29 is 9.90 Å². The van der Waals surface area contributed by atoms with Crippen LogP contribution in [0.15, 0.2) is 53.3 Å². The van der Waals surface area contributed by atoms with Crippen LogP contribution in [0.5, 0.6) is 0 Å². The van der Waals surface area contributed by atoms with E-state index in [0.717, 1.165) is 36.2 Å². The smallest absolute Gasteiger partial charge is 0.346 e. The normalized spacial score (nSPS) is 10.9. The van der Waals surface area contributed by atoms with Crippen LogP contribution in [0.25, 0.3) is 11.1 Å². The maximum absolute atomic E-state index is 12.7. The Morgan fingerprint density at radius 2 is 1.75 bits per heavy atom. The number of aromatic carboxylic acids is 1. The zero-order valence-corrected chi connectivity index (χ0v) is 16.3. The number of aryl methyl sites for hydroxylation is 2. The third-order valence-electron chi connectivity index (χ3n) is 4.67. The Morgan fingerprint density at radius 3 is 2.39 bits per heavy atom. The molecule has 0 aliphatic rings. The van der Waals surface area contributed by atoms with E-state index in [-0.39, 0.29) is 11.3 Å². The van der Waals surface area contributed by atoms with Gasteiger partial charge in [-0.3, -0.25) is 4.57 Å². The predicted octanol–water partition coefficient (Wildman–Crippen LogP) is 3.82. The summed E-state index contributed by atoms with van der Waals surface area (Å²) in [6.45, 7) is 5.17. The Balaban J connectivity index is 1.90. The second-order valence-corrected chi connectivity index (χ2v) is 6.81. The third kappa shape index (κ3) is 4.06. The number of rotatable bonds is 8. The van der Waals surface area contributed by atoms with Crippen LogP contribution in [-0.2, 0) is 19.5 Å². The molecule has 1 N–H and O–H groups in total. The van der Waals surface area contributed by atoms with E-state index in [4.69, 9.17) is 0 Å². The topological polar surface area (TPSA) is 77.1 Å². The van der Waals surface area contributed by atoms with Crippen molar-refractivity contribution in [2.45, 2.75) is 46.2 Å². The summed E-state index contributed by atoms with van der Waals surface area (Å²) in [5.74, 6) is -0.139. The van der Waals surface area contributed by atoms with Crippen molar-refractivity contribution in [3.63, 3.8) is 0 Å². The average molecular weight is 379 g/mol. The summed E-state index contributed by atoms with van der Waals surface area (Å²) < 4.78 is 3.28. The van der Waals surface area contributed by atoms with Crippen molar-refractivity contribution in [3.05, 3.63) is 76.0 Å². The minimum atomic E-state index is -0.946. The number of carboxylic acid groups (broad SMARTS) is 1. The molecule has 6 heteroatoms. The fourth-order valence-corrected chi connectivity index (χ4v) is 3.30. The molecule has 1 heterocycles. The van der Waals surface area contributed by atoms with Crippen molar-refractivity contribution in [2.24, 2.45) is 0 Å². The molecule has 1 aromatic heterocycles. The van der Waals surface area contributed by atoms with E-state index in [1.165, 1.54) is 0 Å². The fourth-order valence-electron chi connectivity index (χ4n) is 3.30. The van der Waals surface area contributed by atoms with Gasteiger partial charge in [-0.05, 0) is 35.6 Å². The second kappa shape index (κ2) is 8.69. The van der Waals surface area contributed by atoms with E-state index in [1.54, 1.807) is 27.4 Å². The summed E-state index contributed by atoms with van der Waals surface area (Å²) in [7, 11) is 0. The number of nitrogens with zero attached hydrogens (tertiary/aromatic N) is 3. The SMILES string of the molecule is CCCc1nn(CCC)c(=O)n1Cc1ccc(-c2ccccc2C(=O)O)cc1. The molecule has 3 rings (SSSR count). The first-order chi connectivity index (χ1) is 13.5. The molecule has 0 unspecified atom stereocenters. The van der Waals surface area contributed by atoms with Crippen molar-refractivity contribution in [1.29, 1.82) is 0 Å². The maximum Gasteiger partial charge on any atom is 0.346 e. The minimum Gasteiger partial charge on any atom is -0.478 e. The second-order valence-electron chi connectivity index (χ2n) is 6.81.